The van der Waals surface area contributed by atoms with E-state index < -0.39 is 0 Å². The summed E-state index contributed by atoms with van der Waals surface area (Å²) in [5.41, 5.74) is 4.39. The van der Waals surface area contributed by atoms with Crippen molar-refractivity contribution in [2.45, 2.75) is 58.2 Å². The Labute approximate surface area is 181 Å². The number of benzene rings is 1. The molecule has 3 heterocycles. The molecule has 1 aliphatic carbocycles. The van der Waals surface area contributed by atoms with Crippen molar-refractivity contribution in [3.8, 4) is 5.82 Å². The molecular weight excluding hydrogens is 388 g/mol. The van der Waals surface area contributed by atoms with Crippen molar-refractivity contribution < 1.29 is 0 Å². The Hall–Kier alpha value is -3.19. The first-order valence-electron chi connectivity index (χ1n) is 11.0. The predicted molar refractivity (Wildman–Crippen MR) is 122 cm³/mol. The van der Waals surface area contributed by atoms with Crippen molar-refractivity contribution in [2.75, 3.05) is 0 Å². The highest BCUT2D eigenvalue weighted by Gasteiger charge is 2.24. The number of hydrogen-bond acceptors (Lipinski definition) is 4. The average molecular weight is 417 g/mol. The number of aryl methyl sites for hydroxylation is 2. The zero-order valence-electron chi connectivity index (χ0n) is 18.0. The first-order chi connectivity index (χ1) is 15.1. The molecule has 0 unspecified atom stereocenters. The lowest BCUT2D eigenvalue weighted by molar-refractivity contribution is 0.268. The number of nitrogens with zero attached hydrogens (tertiary/aromatic N) is 4. The first-order valence-corrected chi connectivity index (χ1v) is 11.0. The Morgan fingerprint density at radius 2 is 1.87 bits per heavy atom. The lowest BCUT2D eigenvalue weighted by Gasteiger charge is -2.29. The second-order valence-electron chi connectivity index (χ2n) is 8.60. The summed E-state index contributed by atoms with van der Waals surface area (Å²) in [6, 6.07) is 14.6. The number of H-pyrrole nitrogens is 1. The van der Waals surface area contributed by atoms with E-state index in [-0.39, 0.29) is 11.6 Å². The van der Waals surface area contributed by atoms with Crippen molar-refractivity contribution in [3.05, 3.63) is 76.0 Å². The minimum absolute atomic E-state index is 0.0403. The van der Waals surface area contributed by atoms with Gasteiger partial charge in [0, 0.05) is 36.1 Å². The monoisotopic (exact) mass is 416 g/mol. The molecule has 1 saturated carbocycles. The Morgan fingerprint density at radius 1 is 1.03 bits per heavy atom. The molecule has 0 bridgehead atoms. The Morgan fingerprint density at radius 3 is 2.65 bits per heavy atom. The molecule has 0 amide bonds. The SMILES string of the molecule is Cc1cc(C)n(-c2ccc(=O)n(C3CCC(NCc4ccc5[nH]ccc5c4)CC3)n2)n1. The van der Waals surface area contributed by atoms with E-state index in [1.807, 2.05) is 26.1 Å². The fraction of sp³-hybridized carbons (Fsp3) is 0.375. The highest BCUT2D eigenvalue weighted by molar-refractivity contribution is 5.79. The zero-order valence-corrected chi connectivity index (χ0v) is 18.0. The summed E-state index contributed by atoms with van der Waals surface area (Å²) >= 11 is 0. The van der Waals surface area contributed by atoms with Gasteiger partial charge in [0.1, 0.15) is 0 Å². The van der Waals surface area contributed by atoms with Crippen LogP contribution >= 0.6 is 0 Å². The highest BCUT2D eigenvalue weighted by Crippen LogP contribution is 2.27. The summed E-state index contributed by atoms with van der Waals surface area (Å²) < 4.78 is 3.47. The molecule has 1 aromatic carbocycles. The fourth-order valence-electron chi connectivity index (χ4n) is 4.65. The molecule has 3 aromatic heterocycles. The predicted octanol–water partition coefficient (Wildman–Crippen LogP) is 3.80. The summed E-state index contributed by atoms with van der Waals surface area (Å²) in [6.45, 7) is 4.83. The average Bonchev–Trinajstić information content (AvgIpc) is 3.38. The van der Waals surface area contributed by atoms with E-state index in [1.54, 1.807) is 21.5 Å². The second kappa shape index (κ2) is 8.15. The number of rotatable bonds is 5. The normalized spacial score (nSPS) is 19.2. The molecule has 31 heavy (non-hydrogen) atoms. The summed E-state index contributed by atoms with van der Waals surface area (Å²) in [6.07, 6.45) is 5.94. The summed E-state index contributed by atoms with van der Waals surface area (Å²) in [7, 11) is 0. The molecule has 7 nitrogen and oxygen atoms in total. The quantitative estimate of drug-likeness (QED) is 0.519. The van der Waals surface area contributed by atoms with Crippen molar-refractivity contribution in [2.24, 2.45) is 0 Å². The van der Waals surface area contributed by atoms with Gasteiger partial charge >= 0.3 is 0 Å². The largest absolute Gasteiger partial charge is 0.361 e. The van der Waals surface area contributed by atoms with E-state index in [2.05, 4.69) is 44.8 Å². The molecule has 0 saturated heterocycles. The van der Waals surface area contributed by atoms with Crippen LogP contribution in [-0.4, -0.2) is 30.6 Å². The standard InChI is InChI=1S/C24H28N6O/c1-16-13-17(2)29(27-16)23-9-10-24(31)30(28-23)21-6-4-20(5-7-21)26-15-18-3-8-22-19(14-18)11-12-25-22/h3,8-14,20-21,25-26H,4-7,15H2,1-2H3. The van der Waals surface area contributed by atoms with E-state index in [9.17, 15) is 4.79 Å². The second-order valence-corrected chi connectivity index (χ2v) is 8.60. The third-order valence-electron chi connectivity index (χ3n) is 6.29. The van der Waals surface area contributed by atoms with Gasteiger partial charge in [-0.05, 0) is 80.8 Å². The maximum Gasteiger partial charge on any atom is 0.267 e. The van der Waals surface area contributed by atoms with Gasteiger partial charge in [-0.25, -0.2) is 9.36 Å². The van der Waals surface area contributed by atoms with Crippen LogP contribution in [0.15, 0.2) is 53.5 Å². The van der Waals surface area contributed by atoms with Crippen LogP contribution in [0.1, 0.15) is 48.7 Å². The van der Waals surface area contributed by atoms with E-state index >= 15 is 0 Å². The van der Waals surface area contributed by atoms with Crippen molar-refractivity contribution in [1.82, 2.24) is 29.9 Å². The van der Waals surface area contributed by atoms with Gasteiger partial charge < -0.3 is 10.3 Å². The van der Waals surface area contributed by atoms with Gasteiger partial charge in [0.15, 0.2) is 5.82 Å². The van der Waals surface area contributed by atoms with Crippen LogP contribution in [0, 0.1) is 13.8 Å². The topological polar surface area (TPSA) is 80.5 Å². The minimum atomic E-state index is -0.0403. The van der Waals surface area contributed by atoms with Crippen LogP contribution in [-0.2, 0) is 6.54 Å². The Bertz CT molecular complexity index is 1260. The highest BCUT2D eigenvalue weighted by atomic mass is 16.1. The van der Waals surface area contributed by atoms with Gasteiger partial charge in [0.25, 0.3) is 5.56 Å². The molecule has 160 valence electrons. The minimum Gasteiger partial charge on any atom is -0.361 e. The summed E-state index contributed by atoms with van der Waals surface area (Å²) in [5.74, 6) is 0.700. The Kier molecular flexibility index (Phi) is 5.19. The van der Waals surface area contributed by atoms with Crippen LogP contribution in [0.3, 0.4) is 0 Å². The van der Waals surface area contributed by atoms with Gasteiger partial charge in [0.05, 0.1) is 11.7 Å². The maximum atomic E-state index is 12.5. The fourth-order valence-corrected chi connectivity index (χ4v) is 4.65. The molecule has 2 N–H and O–H groups in total. The molecular formula is C24H28N6O. The lowest BCUT2D eigenvalue weighted by atomic mass is 9.91. The molecule has 0 atom stereocenters. The van der Waals surface area contributed by atoms with Crippen LogP contribution in [0.5, 0.6) is 0 Å². The van der Waals surface area contributed by atoms with Crippen LogP contribution in [0.4, 0.5) is 0 Å². The van der Waals surface area contributed by atoms with Crippen molar-refractivity contribution >= 4 is 10.9 Å². The van der Waals surface area contributed by atoms with E-state index in [0.717, 1.165) is 43.6 Å². The summed E-state index contributed by atoms with van der Waals surface area (Å²) in [5, 5.41) is 14.1. The van der Waals surface area contributed by atoms with Crippen LogP contribution in [0.2, 0.25) is 0 Å². The number of hydrogen-bond donors (Lipinski definition) is 2. The number of aromatic nitrogens is 5. The number of fused-ring (bicyclic) bond motifs is 1. The summed E-state index contributed by atoms with van der Waals surface area (Å²) in [4.78, 5) is 15.8. The molecule has 0 spiro atoms. The molecule has 4 aromatic rings. The van der Waals surface area contributed by atoms with Crippen LogP contribution < -0.4 is 10.9 Å². The van der Waals surface area contributed by atoms with Crippen LogP contribution in [0.25, 0.3) is 16.7 Å². The smallest absolute Gasteiger partial charge is 0.267 e. The van der Waals surface area contributed by atoms with E-state index in [0.29, 0.717) is 11.9 Å². The Balaban J connectivity index is 1.23. The molecule has 1 fully saturated rings. The first kappa shape index (κ1) is 19.8. The van der Waals surface area contributed by atoms with Crippen molar-refractivity contribution in [3.63, 3.8) is 0 Å². The van der Waals surface area contributed by atoms with Gasteiger partial charge in [-0.3, -0.25) is 4.79 Å². The van der Waals surface area contributed by atoms with Gasteiger partial charge in [-0.2, -0.15) is 5.10 Å². The third-order valence-corrected chi connectivity index (χ3v) is 6.29. The number of aromatic amines is 1. The van der Waals surface area contributed by atoms with E-state index in [4.69, 9.17) is 0 Å². The molecule has 5 rings (SSSR count). The van der Waals surface area contributed by atoms with Crippen molar-refractivity contribution in [1.29, 1.82) is 0 Å². The maximum absolute atomic E-state index is 12.5. The molecule has 1 aliphatic rings. The van der Waals surface area contributed by atoms with Gasteiger partial charge in [-0.1, -0.05) is 6.07 Å². The zero-order chi connectivity index (χ0) is 21.4. The molecule has 0 radical (unpaired) electrons. The van der Waals surface area contributed by atoms with E-state index in [1.165, 1.54) is 16.5 Å². The molecule has 0 aliphatic heterocycles. The number of nitrogens with one attached hydrogen (secondary N) is 2. The third kappa shape index (κ3) is 4.05. The van der Waals surface area contributed by atoms with Gasteiger partial charge in [0.2, 0.25) is 0 Å². The van der Waals surface area contributed by atoms with Gasteiger partial charge in [-0.15, -0.1) is 5.10 Å². The lowest BCUT2D eigenvalue weighted by Crippen LogP contribution is -2.36. The molecule has 7 heteroatoms.